The summed E-state index contributed by atoms with van der Waals surface area (Å²) >= 11 is 0. The summed E-state index contributed by atoms with van der Waals surface area (Å²) in [6.07, 6.45) is 4.12. The number of carbonyl (C=O) groups is 1. The Labute approximate surface area is 97.0 Å². The highest BCUT2D eigenvalue weighted by molar-refractivity contribution is 5.73. The second-order valence-corrected chi connectivity index (χ2v) is 5.09. The molecule has 4 nitrogen and oxygen atoms in total. The van der Waals surface area contributed by atoms with E-state index in [4.69, 9.17) is 5.11 Å². The highest BCUT2D eigenvalue weighted by Gasteiger charge is 2.35. The van der Waals surface area contributed by atoms with Gasteiger partial charge in [0.25, 0.3) is 0 Å². The van der Waals surface area contributed by atoms with Crippen molar-refractivity contribution >= 4 is 5.97 Å². The third kappa shape index (κ3) is 2.55. The molecule has 3 heterocycles. The lowest BCUT2D eigenvalue weighted by atomic mass is 9.83. The summed E-state index contributed by atoms with van der Waals surface area (Å²) in [5.41, 5.74) is 0. The van der Waals surface area contributed by atoms with Gasteiger partial charge in [-0.05, 0) is 38.3 Å². The van der Waals surface area contributed by atoms with Crippen LogP contribution in [0.5, 0.6) is 0 Å². The van der Waals surface area contributed by atoms with Crippen molar-refractivity contribution < 1.29 is 9.90 Å². The Morgan fingerprint density at radius 3 is 2.62 bits per heavy atom. The van der Waals surface area contributed by atoms with E-state index in [1.165, 1.54) is 25.9 Å². The van der Waals surface area contributed by atoms with E-state index in [-0.39, 0.29) is 6.04 Å². The summed E-state index contributed by atoms with van der Waals surface area (Å²) in [4.78, 5) is 13.5. The zero-order chi connectivity index (χ0) is 11.5. The van der Waals surface area contributed by atoms with Gasteiger partial charge in [-0.1, -0.05) is 13.3 Å². The first-order valence-electron chi connectivity index (χ1n) is 6.42. The number of hydrogen-bond donors (Lipinski definition) is 2. The van der Waals surface area contributed by atoms with Crippen LogP contribution < -0.4 is 5.32 Å². The third-order valence-corrected chi connectivity index (χ3v) is 3.95. The number of fused-ring (bicyclic) bond motifs is 3. The molecular formula is C12H22N2O2. The topological polar surface area (TPSA) is 52.6 Å². The molecule has 3 saturated heterocycles. The molecule has 0 aromatic carbocycles. The van der Waals surface area contributed by atoms with E-state index in [1.807, 2.05) is 6.92 Å². The number of nitrogens with zero attached hydrogens (tertiary/aromatic N) is 1. The Bertz CT molecular complexity index is 249. The van der Waals surface area contributed by atoms with Crippen molar-refractivity contribution in [1.82, 2.24) is 10.2 Å². The number of rotatable bonds is 5. The molecule has 2 bridgehead atoms. The van der Waals surface area contributed by atoms with E-state index >= 15 is 0 Å². The van der Waals surface area contributed by atoms with Crippen LogP contribution >= 0.6 is 0 Å². The molecule has 2 atom stereocenters. The summed E-state index contributed by atoms with van der Waals surface area (Å²) in [6, 6.07) is 0.0469. The van der Waals surface area contributed by atoms with Crippen molar-refractivity contribution in [3.8, 4) is 0 Å². The standard InChI is InChI=1S/C12H22N2O2/c1-2-3-10(12(15)16)13-11-8-14-6-4-9(11)5-7-14/h9-11,13H,2-8H2,1H3,(H,15,16). The Balaban J connectivity index is 1.90. The smallest absolute Gasteiger partial charge is 0.320 e. The molecule has 2 N–H and O–H groups in total. The fourth-order valence-electron chi connectivity index (χ4n) is 2.98. The van der Waals surface area contributed by atoms with Crippen LogP contribution in [0.25, 0.3) is 0 Å². The molecule has 3 aliphatic rings. The summed E-state index contributed by atoms with van der Waals surface area (Å²) < 4.78 is 0. The number of carboxylic acid groups (broad SMARTS) is 1. The molecule has 4 heteroatoms. The van der Waals surface area contributed by atoms with Gasteiger partial charge in [-0.2, -0.15) is 0 Å². The van der Waals surface area contributed by atoms with Crippen molar-refractivity contribution in [1.29, 1.82) is 0 Å². The predicted molar refractivity (Wildman–Crippen MR) is 62.4 cm³/mol. The zero-order valence-electron chi connectivity index (χ0n) is 9.98. The first kappa shape index (κ1) is 11.9. The van der Waals surface area contributed by atoms with Crippen LogP contribution in [0.1, 0.15) is 32.6 Å². The maximum absolute atomic E-state index is 11.1. The average molecular weight is 226 g/mol. The van der Waals surface area contributed by atoms with Gasteiger partial charge in [0.15, 0.2) is 0 Å². The van der Waals surface area contributed by atoms with Gasteiger partial charge in [0, 0.05) is 12.6 Å². The monoisotopic (exact) mass is 226 g/mol. The first-order chi connectivity index (χ1) is 7.70. The van der Waals surface area contributed by atoms with Gasteiger partial charge in [-0.25, -0.2) is 0 Å². The molecule has 3 aliphatic heterocycles. The molecule has 0 saturated carbocycles. The Morgan fingerprint density at radius 1 is 1.50 bits per heavy atom. The molecule has 0 aromatic rings. The van der Waals surface area contributed by atoms with Crippen molar-refractivity contribution in [2.24, 2.45) is 5.92 Å². The fraction of sp³-hybridized carbons (Fsp3) is 0.917. The van der Waals surface area contributed by atoms with Gasteiger partial charge in [-0.15, -0.1) is 0 Å². The van der Waals surface area contributed by atoms with Crippen LogP contribution in [0.2, 0.25) is 0 Å². The highest BCUT2D eigenvalue weighted by Crippen LogP contribution is 2.27. The molecule has 3 rings (SSSR count). The molecule has 92 valence electrons. The third-order valence-electron chi connectivity index (χ3n) is 3.95. The quantitative estimate of drug-likeness (QED) is 0.732. The van der Waals surface area contributed by atoms with Crippen molar-refractivity contribution in [2.45, 2.75) is 44.7 Å². The van der Waals surface area contributed by atoms with Crippen LogP contribution in [-0.4, -0.2) is 47.7 Å². The largest absolute Gasteiger partial charge is 0.480 e. The molecule has 3 fully saturated rings. The van der Waals surface area contributed by atoms with Crippen LogP contribution in [0.4, 0.5) is 0 Å². The second-order valence-electron chi connectivity index (χ2n) is 5.09. The summed E-state index contributed by atoms with van der Waals surface area (Å²) in [5, 5.41) is 12.5. The number of hydrogen-bond acceptors (Lipinski definition) is 3. The summed E-state index contributed by atoms with van der Waals surface area (Å²) in [5.74, 6) is 0.00185. The van der Waals surface area contributed by atoms with E-state index in [9.17, 15) is 4.79 Å². The fourth-order valence-corrected chi connectivity index (χ4v) is 2.98. The lowest BCUT2D eigenvalue weighted by Gasteiger charge is -2.45. The number of piperidine rings is 3. The van der Waals surface area contributed by atoms with E-state index in [0.29, 0.717) is 12.0 Å². The molecule has 0 amide bonds. The number of carboxylic acids is 1. The van der Waals surface area contributed by atoms with E-state index < -0.39 is 5.97 Å². The van der Waals surface area contributed by atoms with Crippen molar-refractivity contribution in [3.63, 3.8) is 0 Å². The maximum Gasteiger partial charge on any atom is 0.320 e. The summed E-state index contributed by atoms with van der Waals surface area (Å²) in [7, 11) is 0. The Kier molecular flexibility index (Phi) is 3.82. The number of aliphatic carboxylic acids is 1. The second kappa shape index (κ2) is 5.15. The minimum absolute atomic E-state index is 0.351. The molecular weight excluding hydrogens is 204 g/mol. The highest BCUT2D eigenvalue weighted by atomic mass is 16.4. The first-order valence-corrected chi connectivity index (χ1v) is 6.42. The average Bonchev–Trinajstić information content (AvgIpc) is 2.30. The molecule has 0 aromatic heterocycles. The maximum atomic E-state index is 11.1. The Hall–Kier alpha value is -0.610. The lowest BCUT2D eigenvalue weighted by molar-refractivity contribution is -0.140. The van der Waals surface area contributed by atoms with Gasteiger partial charge in [0.05, 0.1) is 0 Å². The van der Waals surface area contributed by atoms with Gasteiger partial charge >= 0.3 is 5.97 Å². The van der Waals surface area contributed by atoms with Crippen LogP contribution in [-0.2, 0) is 4.79 Å². The number of nitrogens with one attached hydrogen (secondary N) is 1. The minimum atomic E-state index is -0.696. The van der Waals surface area contributed by atoms with Crippen molar-refractivity contribution in [3.05, 3.63) is 0 Å². The van der Waals surface area contributed by atoms with E-state index in [2.05, 4.69) is 10.2 Å². The van der Waals surface area contributed by atoms with E-state index in [1.54, 1.807) is 0 Å². The van der Waals surface area contributed by atoms with Crippen LogP contribution in [0.15, 0.2) is 0 Å². The van der Waals surface area contributed by atoms with Crippen molar-refractivity contribution in [2.75, 3.05) is 19.6 Å². The normalized spacial score (nSPS) is 34.9. The summed E-state index contributed by atoms with van der Waals surface area (Å²) in [6.45, 7) is 5.48. The molecule has 0 aliphatic carbocycles. The molecule has 16 heavy (non-hydrogen) atoms. The van der Waals surface area contributed by atoms with Crippen LogP contribution in [0.3, 0.4) is 0 Å². The van der Waals surface area contributed by atoms with Gasteiger partial charge in [0.2, 0.25) is 0 Å². The van der Waals surface area contributed by atoms with Crippen LogP contribution in [0, 0.1) is 5.92 Å². The Morgan fingerprint density at radius 2 is 2.19 bits per heavy atom. The lowest BCUT2D eigenvalue weighted by Crippen LogP contribution is -2.59. The minimum Gasteiger partial charge on any atom is -0.480 e. The van der Waals surface area contributed by atoms with Gasteiger partial charge < -0.3 is 15.3 Å². The molecule has 0 spiro atoms. The van der Waals surface area contributed by atoms with Gasteiger partial charge in [0.1, 0.15) is 6.04 Å². The van der Waals surface area contributed by atoms with E-state index in [0.717, 1.165) is 19.4 Å². The molecule has 2 unspecified atom stereocenters. The molecule has 0 radical (unpaired) electrons. The SMILES string of the molecule is CCCC(NC1CN2CCC1CC2)C(=O)O. The predicted octanol–water partition coefficient (Wildman–Crippen LogP) is 0.923. The van der Waals surface area contributed by atoms with Gasteiger partial charge in [-0.3, -0.25) is 4.79 Å². The zero-order valence-corrected chi connectivity index (χ0v) is 9.98.